The van der Waals surface area contributed by atoms with E-state index in [1.807, 2.05) is 6.07 Å². The van der Waals surface area contributed by atoms with E-state index in [4.69, 9.17) is 5.11 Å². The van der Waals surface area contributed by atoms with Crippen molar-refractivity contribution in [2.75, 3.05) is 19.6 Å². The Morgan fingerprint density at radius 2 is 1.96 bits per heavy atom. The van der Waals surface area contributed by atoms with Crippen molar-refractivity contribution in [3.8, 4) is 0 Å². The van der Waals surface area contributed by atoms with E-state index in [1.54, 1.807) is 41.4 Å². The number of hydrogen-bond acceptors (Lipinski definition) is 4. The molecule has 0 bridgehead atoms. The quantitative estimate of drug-likeness (QED) is 0.792. The van der Waals surface area contributed by atoms with Gasteiger partial charge in [-0.2, -0.15) is 5.10 Å². The smallest absolute Gasteiger partial charge is 0.325 e. The minimum atomic E-state index is -0.952. The first-order chi connectivity index (χ1) is 13.0. The van der Waals surface area contributed by atoms with Crippen LogP contribution in [0.15, 0.2) is 42.6 Å². The second-order valence-corrected chi connectivity index (χ2v) is 6.54. The molecule has 8 nitrogen and oxygen atoms in total. The Morgan fingerprint density at radius 3 is 2.70 bits per heavy atom. The van der Waals surface area contributed by atoms with Gasteiger partial charge in [-0.15, -0.1) is 0 Å². The van der Waals surface area contributed by atoms with Crippen molar-refractivity contribution in [2.45, 2.75) is 25.3 Å². The van der Waals surface area contributed by atoms with Crippen LogP contribution in [0.2, 0.25) is 0 Å². The zero-order chi connectivity index (χ0) is 19.2. The Hall–Kier alpha value is -3.16. The molecule has 1 aliphatic rings. The normalized spacial score (nSPS) is 16.7. The van der Waals surface area contributed by atoms with Gasteiger partial charge >= 0.3 is 5.97 Å². The molecule has 0 spiro atoms. The molecule has 1 saturated heterocycles. The number of carbonyl (C=O) groups excluding carboxylic acids is 2. The summed E-state index contributed by atoms with van der Waals surface area (Å²) in [5.74, 6) is -1.34. The number of aliphatic carboxylic acids is 1. The summed E-state index contributed by atoms with van der Waals surface area (Å²) in [6.45, 7) is 0.865. The summed E-state index contributed by atoms with van der Waals surface area (Å²) in [5, 5.41) is 15.7. The molecule has 8 heteroatoms. The number of nitrogens with one attached hydrogen (secondary N) is 1. The van der Waals surface area contributed by atoms with Gasteiger partial charge in [0.05, 0.1) is 6.54 Å². The Labute approximate surface area is 156 Å². The number of aromatic nitrogens is 2. The van der Waals surface area contributed by atoms with Crippen molar-refractivity contribution < 1.29 is 19.5 Å². The molecule has 2 aromatic rings. The fourth-order valence-corrected chi connectivity index (χ4v) is 3.35. The van der Waals surface area contributed by atoms with Gasteiger partial charge in [0.2, 0.25) is 5.91 Å². The highest BCUT2D eigenvalue weighted by molar-refractivity contribution is 5.96. The second-order valence-electron chi connectivity index (χ2n) is 6.54. The zero-order valence-corrected chi connectivity index (χ0v) is 14.9. The number of benzene rings is 1. The van der Waals surface area contributed by atoms with Crippen LogP contribution in [0.4, 0.5) is 0 Å². The molecule has 1 aliphatic heterocycles. The molecule has 1 aromatic heterocycles. The molecule has 0 saturated carbocycles. The highest BCUT2D eigenvalue weighted by atomic mass is 16.4. The molecule has 1 atom stereocenters. The third-order valence-electron chi connectivity index (χ3n) is 4.66. The number of likely N-dealkylation sites (tertiary alicyclic amines) is 1. The van der Waals surface area contributed by atoms with Crippen molar-refractivity contribution >= 4 is 17.8 Å². The fourth-order valence-electron chi connectivity index (χ4n) is 3.35. The van der Waals surface area contributed by atoms with Crippen LogP contribution < -0.4 is 5.32 Å². The Balaban J connectivity index is 1.58. The van der Waals surface area contributed by atoms with E-state index in [2.05, 4.69) is 10.4 Å². The predicted molar refractivity (Wildman–Crippen MR) is 97.2 cm³/mol. The summed E-state index contributed by atoms with van der Waals surface area (Å²) in [6.07, 6.45) is 3.27. The van der Waals surface area contributed by atoms with Crippen LogP contribution in [0.5, 0.6) is 0 Å². The fraction of sp³-hybridized carbons (Fsp3) is 0.368. The van der Waals surface area contributed by atoms with Crippen molar-refractivity contribution in [1.82, 2.24) is 20.0 Å². The molecule has 2 N–H and O–H groups in total. The van der Waals surface area contributed by atoms with Gasteiger partial charge < -0.3 is 15.3 Å². The van der Waals surface area contributed by atoms with E-state index >= 15 is 0 Å². The molecular weight excluding hydrogens is 348 g/mol. The lowest BCUT2D eigenvalue weighted by molar-refractivity contribution is -0.138. The summed E-state index contributed by atoms with van der Waals surface area (Å²) >= 11 is 0. The molecule has 1 fully saturated rings. The third-order valence-corrected chi connectivity index (χ3v) is 4.66. The lowest BCUT2D eigenvalue weighted by Crippen LogP contribution is -2.44. The molecule has 0 radical (unpaired) electrons. The Morgan fingerprint density at radius 1 is 1.19 bits per heavy atom. The van der Waals surface area contributed by atoms with Crippen LogP contribution in [0.1, 0.15) is 34.8 Å². The molecule has 142 valence electrons. The molecule has 27 heavy (non-hydrogen) atoms. The van der Waals surface area contributed by atoms with Crippen LogP contribution >= 0.6 is 0 Å². The number of carbonyl (C=O) groups is 3. The summed E-state index contributed by atoms with van der Waals surface area (Å²) in [6, 6.07) is 10.6. The summed E-state index contributed by atoms with van der Waals surface area (Å²) < 4.78 is 1.47. The van der Waals surface area contributed by atoms with Gasteiger partial charge in [-0.25, -0.2) is 0 Å². The average Bonchev–Trinajstić information content (AvgIpc) is 3.14. The van der Waals surface area contributed by atoms with Crippen LogP contribution in [0, 0.1) is 0 Å². The van der Waals surface area contributed by atoms with E-state index in [0.717, 1.165) is 18.5 Å². The van der Waals surface area contributed by atoms with E-state index in [0.29, 0.717) is 18.7 Å². The number of carboxylic acids is 1. The molecular formula is C19H22N4O4. The predicted octanol–water partition coefficient (Wildman–Crippen LogP) is 1.10. The topological polar surface area (TPSA) is 105 Å². The number of piperidine rings is 1. The first kappa shape index (κ1) is 18.6. The first-order valence-electron chi connectivity index (χ1n) is 8.89. The largest absolute Gasteiger partial charge is 0.480 e. The number of carboxylic acid groups (broad SMARTS) is 1. The van der Waals surface area contributed by atoms with Crippen LogP contribution in [-0.2, 0) is 16.1 Å². The standard InChI is InChI=1S/C19H22N4O4/c24-17(11-20-19(27)14-5-2-1-3-6-14)22-10-4-7-15(12-22)16-8-9-21-23(16)13-18(25)26/h1-3,5-6,8-9,15H,4,7,10-13H2,(H,20,27)(H,25,26). The first-order valence-corrected chi connectivity index (χ1v) is 8.89. The van der Waals surface area contributed by atoms with Gasteiger partial charge in [0, 0.05) is 36.5 Å². The lowest BCUT2D eigenvalue weighted by atomic mass is 9.94. The Bertz CT molecular complexity index is 818. The van der Waals surface area contributed by atoms with Crippen LogP contribution in [0.25, 0.3) is 0 Å². The molecule has 3 rings (SSSR count). The number of rotatable bonds is 6. The van der Waals surface area contributed by atoms with Gasteiger partial charge in [-0.3, -0.25) is 19.1 Å². The monoisotopic (exact) mass is 370 g/mol. The van der Waals surface area contributed by atoms with Gasteiger partial charge in [0.1, 0.15) is 6.54 Å². The van der Waals surface area contributed by atoms with Crippen molar-refractivity contribution in [2.24, 2.45) is 0 Å². The molecule has 1 unspecified atom stereocenters. The van der Waals surface area contributed by atoms with Crippen molar-refractivity contribution in [3.05, 3.63) is 53.9 Å². The maximum atomic E-state index is 12.5. The summed E-state index contributed by atoms with van der Waals surface area (Å²) in [7, 11) is 0. The maximum Gasteiger partial charge on any atom is 0.325 e. The Kier molecular flexibility index (Phi) is 5.85. The molecule has 0 aliphatic carbocycles. The summed E-state index contributed by atoms with van der Waals surface area (Å²) in [4.78, 5) is 37.3. The number of amides is 2. The zero-order valence-electron chi connectivity index (χ0n) is 14.9. The minimum Gasteiger partial charge on any atom is -0.480 e. The second kappa shape index (κ2) is 8.48. The van der Waals surface area contributed by atoms with Crippen LogP contribution in [-0.4, -0.2) is 57.2 Å². The van der Waals surface area contributed by atoms with Crippen LogP contribution in [0.3, 0.4) is 0 Å². The van der Waals surface area contributed by atoms with Gasteiger partial charge in [-0.05, 0) is 31.0 Å². The maximum absolute atomic E-state index is 12.5. The lowest BCUT2D eigenvalue weighted by Gasteiger charge is -2.33. The van der Waals surface area contributed by atoms with Crippen molar-refractivity contribution in [1.29, 1.82) is 0 Å². The van der Waals surface area contributed by atoms with Gasteiger partial charge in [-0.1, -0.05) is 18.2 Å². The molecule has 2 heterocycles. The molecule has 2 amide bonds. The number of nitrogens with zero attached hydrogens (tertiary/aromatic N) is 3. The molecule has 1 aromatic carbocycles. The highest BCUT2D eigenvalue weighted by Gasteiger charge is 2.27. The highest BCUT2D eigenvalue weighted by Crippen LogP contribution is 2.26. The third kappa shape index (κ3) is 4.72. The average molecular weight is 370 g/mol. The minimum absolute atomic E-state index is 0.0365. The van der Waals surface area contributed by atoms with Crippen molar-refractivity contribution in [3.63, 3.8) is 0 Å². The SMILES string of the molecule is O=C(O)Cn1nccc1C1CCCN(C(=O)CNC(=O)c2ccccc2)C1. The van der Waals surface area contributed by atoms with Gasteiger partial charge in [0.15, 0.2) is 0 Å². The number of hydrogen-bond donors (Lipinski definition) is 2. The van der Waals surface area contributed by atoms with E-state index < -0.39 is 5.97 Å². The van der Waals surface area contributed by atoms with E-state index in [1.165, 1.54) is 4.68 Å². The van der Waals surface area contributed by atoms with E-state index in [9.17, 15) is 14.4 Å². The van der Waals surface area contributed by atoms with E-state index in [-0.39, 0.29) is 30.8 Å². The van der Waals surface area contributed by atoms with Gasteiger partial charge in [0.25, 0.3) is 5.91 Å². The summed E-state index contributed by atoms with van der Waals surface area (Å²) in [5.41, 5.74) is 1.34.